The van der Waals surface area contributed by atoms with Gasteiger partial charge in [0.1, 0.15) is 0 Å². The van der Waals surface area contributed by atoms with Crippen LogP contribution in [0.25, 0.3) is 0 Å². The summed E-state index contributed by atoms with van der Waals surface area (Å²) < 4.78 is 0. The molecule has 6 heteroatoms. The maximum Gasteiger partial charge on any atom is 0.315 e. The fourth-order valence-corrected chi connectivity index (χ4v) is 3.61. The molecule has 2 aromatic rings. The van der Waals surface area contributed by atoms with E-state index in [-0.39, 0.29) is 24.5 Å². The number of amides is 3. The zero-order chi connectivity index (χ0) is 20.3. The number of nitrogens with one attached hydrogen (secondary N) is 3. The van der Waals surface area contributed by atoms with Crippen molar-refractivity contribution >= 4 is 29.2 Å². The molecule has 0 spiro atoms. The molecule has 3 amide bonds. The number of rotatable bonds is 6. The second kappa shape index (κ2) is 8.65. The molecular weight excluding hydrogens is 374 g/mol. The monoisotopic (exact) mass is 399 g/mol. The third-order valence-corrected chi connectivity index (χ3v) is 5.21. The van der Waals surface area contributed by atoms with Gasteiger partial charge in [0.25, 0.3) is 0 Å². The third kappa shape index (κ3) is 5.26. The van der Waals surface area contributed by atoms with Crippen LogP contribution in [0.4, 0.5) is 10.5 Å². The summed E-state index contributed by atoms with van der Waals surface area (Å²) in [6.45, 7) is 5.86. The fraction of sp³-hybridized carbons (Fsp3) is 0.364. The van der Waals surface area contributed by atoms with Crippen molar-refractivity contribution in [3.63, 3.8) is 0 Å². The predicted octanol–water partition coefficient (Wildman–Crippen LogP) is 4.65. The lowest BCUT2D eigenvalue weighted by Crippen LogP contribution is -2.42. The molecule has 148 valence electrons. The van der Waals surface area contributed by atoms with Gasteiger partial charge in [-0.15, -0.1) is 0 Å². The molecule has 0 saturated heterocycles. The molecule has 1 unspecified atom stereocenters. The van der Waals surface area contributed by atoms with Crippen molar-refractivity contribution in [2.24, 2.45) is 5.92 Å². The van der Waals surface area contributed by atoms with Crippen molar-refractivity contribution < 1.29 is 9.59 Å². The molecule has 1 aliphatic carbocycles. The number of urea groups is 1. The van der Waals surface area contributed by atoms with E-state index >= 15 is 0 Å². The van der Waals surface area contributed by atoms with Crippen LogP contribution in [0.15, 0.2) is 36.4 Å². The van der Waals surface area contributed by atoms with Crippen LogP contribution < -0.4 is 16.0 Å². The number of benzene rings is 2. The molecule has 0 radical (unpaired) electrons. The Morgan fingerprint density at radius 2 is 1.68 bits per heavy atom. The largest absolute Gasteiger partial charge is 0.331 e. The highest BCUT2D eigenvalue weighted by molar-refractivity contribution is 6.30. The molecular formula is C22H26ClN3O2. The second-order valence-electron chi connectivity index (χ2n) is 7.52. The van der Waals surface area contributed by atoms with Gasteiger partial charge in [0, 0.05) is 10.7 Å². The van der Waals surface area contributed by atoms with Crippen LogP contribution in [0, 0.1) is 26.7 Å². The molecule has 3 rings (SSSR count). The number of hydrogen-bond acceptors (Lipinski definition) is 2. The van der Waals surface area contributed by atoms with E-state index in [0.717, 1.165) is 40.8 Å². The minimum Gasteiger partial charge on any atom is -0.331 e. The van der Waals surface area contributed by atoms with Gasteiger partial charge in [0.05, 0.1) is 12.6 Å². The zero-order valence-electron chi connectivity index (χ0n) is 16.4. The van der Waals surface area contributed by atoms with Crippen LogP contribution >= 0.6 is 11.6 Å². The molecule has 1 fully saturated rings. The Labute approximate surface area is 170 Å². The molecule has 0 aromatic heterocycles. The van der Waals surface area contributed by atoms with E-state index < -0.39 is 0 Å². The van der Waals surface area contributed by atoms with Gasteiger partial charge >= 0.3 is 6.03 Å². The Bertz CT molecular complexity index is 853. The lowest BCUT2D eigenvalue weighted by atomic mass is 10.0. The Morgan fingerprint density at radius 1 is 1.07 bits per heavy atom. The summed E-state index contributed by atoms with van der Waals surface area (Å²) in [6.07, 6.45) is 2.17. The Hall–Kier alpha value is -2.53. The normalized spacial score (nSPS) is 14.3. The van der Waals surface area contributed by atoms with Crippen LogP contribution in [0.5, 0.6) is 0 Å². The molecule has 1 aliphatic rings. The summed E-state index contributed by atoms with van der Waals surface area (Å²) in [5.74, 6) is 0.179. The van der Waals surface area contributed by atoms with E-state index in [1.165, 1.54) is 0 Å². The Kier molecular flexibility index (Phi) is 6.25. The topological polar surface area (TPSA) is 70.2 Å². The van der Waals surface area contributed by atoms with Crippen molar-refractivity contribution in [1.82, 2.24) is 10.6 Å². The molecule has 1 saturated carbocycles. The summed E-state index contributed by atoms with van der Waals surface area (Å²) in [5.41, 5.74) is 4.99. The van der Waals surface area contributed by atoms with E-state index in [2.05, 4.69) is 16.0 Å². The van der Waals surface area contributed by atoms with Gasteiger partial charge in [-0.2, -0.15) is 0 Å². The van der Waals surface area contributed by atoms with Gasteiger partial charge in [0.15, 0.2) is 0 Å². The number of carbonyl (C=O) groups excluding carboxylic acids is 2. The molecule has 0 bridgehead atoms. The number of hydrogen-bond donors (Lipinski definition) is 3. The van der Waals surface area contributed by atoms with Crippen LogP contribution in [0.3, 0.4) is 0 Å². The minimum absolute atomic E-state index is 0.0677. The quantitative estimate of drug-likeness (QED) is 0.661. The third-order valence-electron chi connectivity index (χ3n) is 4.96. The predicted molar refractivity (Wildman–Crippen MR) is 113 cm³/mol. The Balaban J connectivity index is 1.54. The number of halogens is 1. The van der Waals surface area contributed by atoms with Crippen LogP contribution in [-0.4, -0.2) is 18.5 Å². The lowest BCUT2D eigenvalue weighted by molar-refractivity contribution is -0.115. The fourth-order valence-electron chi connectivity index (χ4n) is 3.49. The highest BCUT2D eigenvalue weighted by Gasteiger charge is 2.33. The lowest BCUT2D eigenvalue weighted by Gasteiger charge is -2.19. The summed E-state index contributed by atoms with van der Waals surface area (Å²) in [5, 5.41) is 9.21. The van der Waals surface area contributed by atoms with Crippen LogP contribution in [0.2, 0.25) is 5.02 Å². The van der Waals surface area contributed by atoms with Crippen LogP contribution in [-0.2, 0) is 4.79 Å². The van der Waals surface area contributed by atoms with Gasteiger partial charge in [-0.1, -0.05) is 41.4 Å². The van der Waals surface area contributed by atoms with Gasteiger partial charge < -0.3 is 16.0 Å². The summed E-state index contributed by atoms with van der Waals surface area (Å²) in [4.78, 5) is 24.6. The van der Waals surface area contributed by atoms with Gasteiger partial charge in [-0.25, -0.2) is 4.79 Å². The Morgan fingerprint density at radius 3 is 2.25 bits per heavy atom. The summed E-state index contributed by atoms with van der Waals surface area (Å²) >= 11 is 5.96. The minimum atomic E-state index is -0.348. The number of anilines is 1. The first-order valence-electron chi connectivity index (χ1n) is 9.51. The average Bonchev–Trinajstić information content (AvgIpc) is 3.47. The first kappa shape index (κ1) is 20.2. The molecule has 0 aliphatic heterocycles. The van der Waals surface area contributed by atoms with Gasteiger partial charge in [-0.05, 0) is 68.4 Å². The highest BCUT2D eigenvalue weighted by Crippen LogP contribution is 2.41. The van der Waals surface area contributed by atoms with Gasteiger partial charge in [-0.3, -0.25) is 4.79 Å². The molecule has 1 atom stereocenters. The molecule has 3 N–H and O–H groups in total. The van der Waals surface area contributed by atoms with Crippen molar-refractivity contribution in [3.8, 4) is 0 Å². The molecule has 5 nitrogen and oxygen atoms in total. The summed E-state index contributed by atoms with van der Waals surface area (Å²) in [7, 11) is 0. The standard InChI is InChI=1S/C22H26ClN3O2/c1-13-10-14(2)20(15(3)11-13)25-19(27)12-24-22(28)26-21(16-4-5-16)17-6-8-18(23)9-7-17/h6-11,16,21H,4-5,12H2,1-3H3,(H,25,27)(H2,24,26,28). The van der Waals surface area contributed by atoms with Gasteiger partial charge in [0.2, 0.25) is 5.91 Å². The molecule has 0 heterocycles. The second-order valence-corrected chi connectivity index (χ2v) is 7.95. The van der Waals surface area contributed by atoms with Crippen molar-refractivity contribution in [1.29, 1.82) is 0 Å². The first-order valence-corrected chi connectivity index (χ1v) is 9.89. The van der Waals surface area contributed by atoms with Crippen molar-refractivity contribution in [2.45, 2.75) is 39.7 Å². The van der Waals surface area contributed by atoms with E-state index in [0.29, 0.717) is 10.9 Å². The number of carbonyl (C=O) groups is 2. The number of aryl methyl sites for hydroxylation is 3. The van der Waals surface area contributed by atoms with Crippen molar-refractivity contribution in [2.75, 3.05) is 11.9 Å². The average molecular weight is 400 g/mol. The zero-order valence-corrected chi connectivity index (χ0v) is 17.2. The van der Waals surface area contributed by atoms with E-state index in [9.17, 15) is 9.59 Å². The maximum absolute atomic E-state index is 12.3. The van der Waals surface area contributed by atoms with E-state index in [1.54, 1.807) is 0 Å². The van der Waals surface area contributed by atoms with E-state index in [1.807, 2.05) is 57.2 Å². The van der Waals surface area contributed by atoms with E-state index in [4.69, 9.17) is 11.6 Å². The smallest absolute Gasteiger partial charge is 0.315 e. The molecule has 2 aromatic carbocycles. The maximum atomic E-state index is 12.3. The van der Waals surface area contributed by atoms with Crippen molar-refractivity contribution in [3.05, 3.63) is 63.7 Å². The highest BCUT2D eigenvalue weighted by atomic mass is 35.5. The van der Waals surface area contributed by atoms with Crippen LogP contribution in [0.1, 0.15) is 41.1 Å². The first-order chi connectivity index (χ1) is 13.3. The molecule has 28 heavy (non-hydrogen) atoms. The summed E-state index contributed by atoms with van der Waals surface area (Å²) in [6, 6.07) is 11.1. The SMILES string of the molecule is Cc1cc(C)c(NC(=O)CNC(=O)NC(c2ccc(Cl)cc2)C2CC2)c(C)c1.